The highest BCUT2D eigenvalue weighted by Crippen LogP contribution is 2.48. The first-order chi connectivity index (χ1) is 12.5. The average Bonchev–Trinajstić information content (AvgIpc) is 3.25. The number of nitrogens with zero attached hydrogens (tertiary/aromatic N) is 3. The van der Waals surface area contributed by atoms with Gasteiger partial charge in [0.05, 0.1) is 12.2 Å². The Morgan fingerprint density at radius 1 is 1.30 bits per heavy atom. The lowest BCUT2D eigenvalue weighted by atomic mass is 9.95. The standard InChI is InChI=1S/C19H26FN5S.HI/c1-4-21-17(22-11-14-12-26-18(24-14)25(2)3)23-13-19(9-10-19)15-7-5-6-8-16(15)20;/h5-8,12H,4,9-11,13H2,1-3H3,(H2,21,22,23);1H. The zero-order chi connectivity index (χ0) is 18.6. The molecule has 0 amide bonds. The highest BCUT2D eigenvalue weighted by Gasteiger charge is 2.45. The van der Waals surface area contributed by atoms with Gasteiger partial charge in [-0.2, -0.15) is 0 Å². The van der Waals surface area contributed by atoms with Gasteiger partial charge >= 0.3 is 0 Å². The minimum atomic E-state index is -0.118. The van der Waals surface area contributed by atoms with E-state index in [-0.39, 0.29) is 35.2 Å². The number of thiazole rings is 1. The number of hydrogen-bond acceptors (Lipinski definition) is 4. The molecule has 1 aliphatic rings. The van der Waals surface area contributed by atoms with Gasteiger partial charge in [-0.25, -0.2) is 14.4 Å². The Kier molecular flexibility index (Phi) is 7.84. The molecule has 3 rings (SSSR count). The Hall–Kier alpha value is -1.42. The molecule has 1 aromatic heterocycles. The van der Waals surface area contributed by atoms with E-state index in [1.807, 2.05) is 43.4 Å². The lowest BCUT2D eigenvalue weighted by Crippen LogP contribution is -2.41. The van der Waals surface area contributed by atoms with Crippen molar-refractivity contribution >= 4 is 46.4 Å². The van der Waals surface area contributed by atoms with E-state index in [2.05, 4.69) is 20.6 Å². The zero-order valence-electron chi connectivity index (χ0n) is 16.0. The second-order valence-electron chi connectivity index (χ2n) is 6.82. The zero-order valence-corrected chi connectivity index (χ0v) is 19.1. The lowest BCUT2D eigenvalue weighted by Gasteiger charge is -2.19. The van der Waals surface area contributed by atoms with Gasteiger partial charge < -0.3 is 15.5 Å². The van der Waals surface area contributed by atoms with Gasteiger partial charge in [-0.05, 0) is 31.4 Å². The van der Waals surface area contributed by atoms with Gasteiger partial charge in [-0.15, -0.1) is 35.3 Å². The van der Waals surface area contributed by atoms with Crippen LogP contribution >= 0.6 is 35.3 Å². The maximum atomic E-state index is 14.1. The molecule has 0 atom stereocenters. The first-order valence-electron chi connectivity index (χ1n) is 8.93. The van der Waals surface area contributed by atoms with Crippen LogP contribution < -0.4 is 15.5 Å². The molecule has 1 heterocycles. The van der Waals surface area contributed by atoms with Gasteiger partial charge in [0.15, 0.2) is 11.1 Å². The van der Waals surface area contributed by atoms with Crippen molar-refractivity contribution in [2.24, 2.45) is 4.99 Å². The van der Waals surface area contributed by atoms with Gasteiger partial charge in [0.25, 0.3) is 0 Å². The Morgan fingerprint density at radius 3 is 2.63 bits per heavy atom. The van der Waals surface area contributed by atoms with Crippen LogP contribution in [0.2, 0.25) is 0 Å². The number of anilines is 1. The largest absolute Gasteiger partial charge is 0.357 e. The number of aromatic nitrogens is 1. The van der Waals surface area contributed by atoms with Gasteiger partial charge in [0, 0.05) is 38.0 Å². The molecule has 148 valence electrons. The predicted molar refractivity (Wildman–Crippen MR) is 122 cm³/mol. The molecule has 2 N–H and O–H groups in total. The van der Waals surface area contributed by atoms with E-state index in [4.69, 9.17) is 0 Å². The first kappa shape index (κ1) is 21.9. The van der Waals surface area contributed by atoms with Crippen LogP contribution in [0.5, 0.6) is 0 Å². The summed E-state index contributed by atoms with van der Waals surface area (Å²) in [6.45, 7) is 4.01. The van der Waals surface area contributed by atoms with Crippen molar-refractivity contribution in [3.05, 3.63) is 46.7 Å². The molecule has 0 radical (unpaired) electrons. The van der Waals surface area contributed by atoms with Crippen LogP contribution in [0.1, 0.15) is 31.0 Å². The monoisotopic (exact) mass is 503 g/mol. The van der Waals surface area contributed by atoms with E-state index >= 15 is 0 Å². The van der Waals surface area contributed by atoms with Crippen LogP contribution in [0, 0.1) is 5.82 Å². The number of halogens is 2. The fraction of sp³-hybridized carbons (Fsp3) is 0.474. The molecule has 5 nitrogen and oxygen atoms in total. The summed E-state index contributed by atoms with van der Waals surface area (Å²) in [5.41, 5.74) is 1.64. The van der Waals surface area contributed by atoms with Crippen molar-refractivity contribution in [1.29, 1.82) is 0 Å². The average molecular weight is 503 g/mol. The summed E-state index contributed by atoms with van der Waals surface area (Å²) in [5.74, 6) is 0.627. The summed E-state index contributed by atoms with van der Waals surface area (Å²) in [5, 5.41) is 9.65. The molecule has 0 aliphatic heterocycles. The van der Waals surface area contributed by atoms with Crippen LogP contribution in [0.4, 0.5) is 9.52 Å². The number of nitrogens with one attached hydrogen (secondary N) is 2. The summed E-state index contributed by atoms with van der Waals surface area (Å²) < 4.78 is 14.1. The highest BCUT2D eigenvalue weighted by molar-refractivity contribution is 14.0. The Labute approximate surface area is 181 Å². The highest BCUT2D eigenvalue weighted by atomic mass is 127. The van der Waals surface area contributed by atoms with E-state index in [0.717, 1.165) is 41.7 Å². The molecule has 2 aromatic rings. The van der Waals surface area contributed by atoms with E-state index in [1.54, 1.807) is 23.5 Å². The minimum Gasteiger partial charge on any atom is -0.357 e. The van der Waals surface area contributed by atoms with E-state index in [9.17, 15) is 4.39 Å². The van der Waals surface area contributed by atoms with E-state index in [0.29, 0.717) is 13.1 Å². The van der Waals surface area contributed by atoms with Crippen LogP contribution in [0.3, 0.4) is 0 Å². The number of rotatable bonds is 7. The molecule has 27 heavy (non-hydrogen) atoms. The van der Waals surface area contributed by atoms with Crippen LogP contribution in [-0.4, -0.2) is 38.1 Å². The number of guanidine groups is 1. The van der Waals surface area contributed by atoms with Crippen molar-refractivity contribution in [1.82, 2.24) is 15.6 Å². The third-order valence-corrected chi connectivity index (χ3v) is 5.62. The van der Waals surface area contributed by atoms with Crippen LogP contribution in [0.15, 0.2) is 34.6 Å². The molecular formula is C19H27FIN5S. The van der Waals surface area contributed by atoms with Gasteiger partial charge in [-0.1, -0.05) is 18.2 Å². The third-order valence-electron chi connectivity index (χ3n) is 4.56. The molecule has 1 fully saturated rings. The van der Waals surface area contributed by atoms with Crippen molar-refractivity contribution in [2.75, 3.05) is 32.1 Å². The lowest BCUT2D eigenvalue weighted by molar-refractivity contribution is 0.559. The third kappa shape index (κ3) is 5.54. The number of benzene rings is 1. The van der Waals surface area contributed by atoms with Crippen molar-refractivity contribution in [2.45, 2.75) is 31.7 Å². The fourth-order valence-corrected chi connectivity index (χ4v) is 3.66. The minimum absolute atomic E-state index is 0. The van der Waals surface area contributed by atoms with Crippen LogP contribution in [-0.2, 0) is 12.0 Å². The van der Waals surface area contributed by atoms with Crippen molar-refractivity contribution in [3.8, 4) is 0 Å². The van der Waals surface area contributed by atoms with Gasteiger partial charge in [0.2, 0.25) is 0 Å². The van der Waals surface area contributed by atoms with Gasteiger partial charge in [-0.3, -0.25) is 0 Å². The van der Waals surface area contributed by atoms with Crippen molar-refractivity contribution in [3.63, 3.8) is 0 Å². The quantitative estimate of drug-likeness (QED) is 0.344. The fourth-order valence-electron chi connectivity index (χ4n) is 2.91. The summed E-state index contributed by atoms with van der Waals surface area (Å²) in [7, 11) is 3.96. The maximum absolute atomic E-state index is 14.1. The van der Waals surface area contributed by atoms with Crippen molar-refractivity contribution < 1.29 is 4.39 Å². The molecule has 0 spiro atoms. The SMILES string of the molecule is CCNC(=NCc1csc(N(C)C)n1)NCC1(c2ccccc2F)CC1.I. The maximum Gasteiger partial charge on any atom is 0.191 e. The molecule has 0 saturated heterocycles. The Balaban J connectivity index is 0.00000261. The van der Waals surface area contributed by atoms with E-state index in [1.165, 1.54) is 0 Å². The second kappa shape index (κ2) is 9.68. The number of aliphatic imine (C=N–C) groups is 1. The molecule has 1 aliphatic carbocycles. The molecule has 0 unspecified atom stereocenters. The Bertz CT molecular complexity index is 773. The first-order valence-corrected chi connectivity index (χ1v) is 9.81. The predicted octanol–water partition coefficient (Wildman–Crippen LogP) is 3.75. The summed E-state index contributed by atoms with van der Waals surface area (Å²) in [4.78, 5) is 11.2. The van der Waals surface area contributed by atoms with E-state index < -0.39 is 0 Å². The van der Waals surface area contributed by atoms with Gasteiger partial charge in [0.1, 0.15) is 5.82 Å². The summed E-state index contributed by atoms with van der Waals surface area (Å²) in [6, 6.07) is 7.08. The second-order valence-corrected chi connectivity index (χ2v) is 7.66. The molecule has 1 saturated carbocycles. The molecule has 0 bridgehead atoms. The topological polar surface area (TPSA) is 52.6 Å². The molecule has 8 heteroatoms. The van der Waals surface area contributed by atoms with Crippen LogP contribution in [0.25, 0.3) is 0 Å². The normalized spacial score (nSPS) is 15.0. The molecular weight excluding hydrogens is 476 g/mol. The number of hydrogen-bond donors (Lipinski definition) is 2. The molecule has 1 aromatic carbocycles. The summed E-state index contributed by atoms with van der Waals surface area (Å²) in [6.07, 6.45) is 2.00. The Morgan fingerprint density at radius 2 is 2.04 bits per heavy atom. The summed E-state index contributed by atoms with van der Waals surface area (Å²) >= 11 is 1.61. The smallest absolute Gasteiger partial charge is 0.191 e.